The number of hydrogen-bond acceptors (Lipinski definition) is 6. The van der Waals surface area contributed by atoms with Crippen LogP contribution in [-0.4, -0.2) is 38.2 Å². The highest BCUT2D eigenvalue weighted by Gasteiger charge is 2.22. The van der Waals surface area contributed by atoms with Crippen molar-refractivity contribution < 1.29 is 45.3 Å². The van der Waals surface area contributed by atoms with Crippen molar-refractivity contribution >= 4 is 38.6 Å². The predicted molar refractivity (Wildman–Crippen MR) is 157 cm³/mol. The highest BCUT2D eigenvalue weighted by Crippen LogP contribution is 2.30. The van der Waals surface area contributed by atoms with Crippen LogP contribution in [0.25, 0.3) is 10.9 Å². The minimum atomic E-state index is -4.30. The van der Waals surface area contributed by atoms with E-state index in [0.717, 1.165) is 35.0 Å². The van der Waals surface area contributed by atoms with Gasteiger partial charge < -0.3 is 14.0 Å². The third kappa shape index (κ3) is 6.22. The molecule has 1 fully saturated rings. The van der Waals surface area contributed by atoms with Crippen molar-refractivity contribution in [3.63, 3.8) is 0 Å². The monoisotopic (exact) mass is 588 g/mol. The fraction of sp³-hybridized carbons (Fsp3) is 0.290. The Labute approximate surface area is 257 Å². The molecule has 0 saturated heterocycles. The number of nitrogens with one attached hydrogen (secondary N) is 2. The van der Waals surface area contributed by atoms with Gasteiger partial charge in [-0.05, 0) is 85.5 Å². The normalized spacial score (nSPS) is 24.0. The molecular formula is C31H33N3O6S. The number of hydrogen-bond donors (Lipinski definition) is 2. The van der Waals surface area contributed by atoms with Crippen LogP contribution in [0.3, 0.4) is 0 Å². The van der Waals surface area contributed by atoms with E-state index in [1.165, 1.54) is 31.4 Å². The van der Waals surface area contributed by atoms with E-state index in [0.29, 0.717) is 5.56 Å². The van der Waals surface area contributed by atoms with E-state index in [9.17, 15) is 18.0 Å². The maximum atomic E-state index is 13.1. The van der Waals surface area contributed by atoms with Crippen molar-refractivity contribution in [3.8, 4) is 5.75 Å². The SMILES string of the molecule is [2H]C([2H])(c1ccc(C(=O)NS(=O)(=O)c2ccccc2C)cc1OC)c1cn(C([2H])([2H])[2H])c2ccc(NC(=O)OC3C([2H])([2H])C([2H])([2H])C([2H])([2H])C3([2H])[2H])cc12. The Bertz CT molecular complexity index is 2250. The Morgan fingerprint density at radius 1 is 1.10 bits per heavy atom. The highest BCUT2D eigenvalue weighted by atomic mass is 32.2. The number of carbonyl (C=O) groups excluding carboxylic acids is 2. The number of ether oxygens (including phenoxy) is 2. The number of sulfonamides is 1. The summed E-state index contributed by atoms with van der Waals surface area (Å²) in [6, 6.07) is 13.0. The van der Waals surface area contributed by atoms with Gasteiger partial charge in [0.2, 0.25) is 0 Å². The van der Waals surface area contributed by atoms with E-state index in [2.05, 4.69) is 5.32 Å². The molecule has 10 heteroatoms. The molecular weight excluding hydrogens is 542 g/mol. The fourth-order valence-electron chi connectivity index (χ4n) is 4.13. The maximum Gasteiger partial charge on any atom is 0.411 e. The van der Waals surface area contributed by atoms with Gasteiger partial charge in [-0.15, -0.1) is 0 Å². The van der Waals surface area contributed by atoms with Crippen LogP contribution in [-0.2, 0) is 28.1 Å². The van der Waals surface area contributed by atoms with Gasteiger partial charge >= 0.3 is 6.09 Å². The van der Waals surface area contributed by atoms with E-state index in [1.807, 2.05) is 4.72 Å². The first-order valence-electron chi connectivity index (χ1n) is 18.6. The third-order valence-corrected chi connectivity index (χ3v) is 7.58. The van der Waals surface area contributed by atoms with Crippen LogP contribution in [0.1, 0.15) is 70.4 Å². The lowest BCUT2D eigenvalue weighted by Crippen LogP contribution is -2.31. The Balaban J connectivity index is 1.50. The third-order valence-electron chi connectivity index (χ3n) is 6.09. The summed E-state index contributed by atoms with van der Waals surface area (Å²) < 4.78 is 145. The molecule has 3 aromatic carbocycles. The summed E-state index contributed by atoms with van der Waals surface area (Å²) in [6.07, 6.45) is -19.1. The number of aromatic nitrogens is 1. The quantitative estimate of drug-likeness (QED) is 0.273. The van der Waals surface area contributed by atoms with Gasteiger partial charge in [-0.1, -0.05) is 24.3 Å². The molecule has 1 aliphatic rings. The van der Waals surface area contributed by atoms with Gasteiger partial charge in [0.25, 0.3) is 15.9 Å². The Morgan fingerprint density at radius 3 is 2.61 bits per heavy atom. The topological polar surface area (TPSA) is 116 Å². The van der Waals surface area contributed by atoms with E-state index in [-0.39, 0.29) is 43.9 Å². The number of amides is 2. The molecule has 0 unspecified atom stereocenters. The van der Waals surface area contributed by atoms with Gasteiger partial charge in [-0.2, -0.15) is 0 Å². The smallest absolute Gasteiger partial charge is 0.411 e. The van der Waals surface area contributed by atoms with Gasteiger partial charge in [0.05, 0.1) is 12.0 Å². The van der Waals surface area contributed by atoms with Crippen molar-refractivity contribution in [2.24, 2.45) is 6.98 Å². The number of rotatable bonds is 8. The standard InChI is InChI=1S/C31H33N3O6S/c1-20-8-4-7-11-29(20)41(37,38)33-30(35)22-13-12-21(28(17-22)39-3)16-23-19-34(2)27-15-14-24(18-26(23)27)32-31(36)40-25-9-5-6-10-25/h4,7-8,11-15,17-19,25H,5-6,9-10,16H2,1-3H3,(H,32,36)(H,33,35)/i2D3,5D2,6D2,9D2,10D2,16D2. The number of nitrogens with zero attached hydrogens (tertiary/aromatic N) is 1. The summed E-state index contributed by atoms with van der Waals surface area (Å²) in [5.41, 5.74) is -0.511. The molecule has 1 aromatic heterocycles. The van der Waals surface area contributed by atoms with Crippen LogP contribution in [0, 0.1) is 6.92 Å². The molecule has 1 saturated carbocycles. The van der Waals surface area contributed by atoms with Gasteiger partial charge in [-0.25, -0.2) is 17.9 Å². The van der Waals surface area contributed by atoms with Gasteiger partial charge in [0.15, 0.2) is 0 Å². The summed E-state index contributed by atoms with van der Waals surface area (Å²) in [7, 11) is -3.12. The molecule has 9 nitrogen and oxygen atoms in total. The van der Waals surface area contributed by atoms with E-state index >= 15 is 0 Å². The molecule has 4 aromatic rings. The van der Waals surface area contributed by atoms with Crippen molar-refractivity contribution in [1.29, 1.82) is 0 Å². The molecule has 214 valence electrons. The first kappa shape index (κ1) is 16.2. The molecule has 0 aliphatic heterocycles. The zero-order chi connectivity index (χ0) is 40.6. The molecule has 1 aliphatic carbocycles. The van der Waals surface area contributed by atoms with Crippen molar-refractivity contribution in [2.75, 3.05) is 12.4 Å². The second-order valence-corrected chi connectivity index (χ2v) is 10.5. The number of fused-ring (bicyclic) bond motifs is 1. The highest BCUT2D eigenvalue weighted by molar-refractivity contribution is 7.90. The summed E-state index contributed by atoms with van der Waals surface area (Å²) in [5, 5.41) is 2.14. The second kappa shape index (κ2) is 11.7. The zero-order valence-electron chi connectivity index (χ0n) is 34.7. The first-order valence-corrected chi connectivity index (χ1v) is 13.6. The lowest BCUT2D eigenvalue weighted by molar-refractivity contribution is 0.0980. The Kier molecular flexibility index (Phi) is 4.61. The van der Waals surface area contributed by atoms with E-state index < -0.39 is 67.0 Å². The van der Waals surface area contributed by atoms with E-state index in [4.69, 9.17) is 27.3 Å². The summed E-state index contributed by atoms with van der Waals surface area (Å²) in [6.45, 7) is -1.29. The lowest BCUT2D eigenvalue weighted by atomic mass is 10.0. The van der Waals surface area contributed by atoms with Crippen LogP contribution in [0.4, 0.5) is 10.5 Å². The zero-order valence-corrected chi connectivity index (χ0v) is 22.5. The second-order valence-electron chi connectivity index (χ2n) is 8.83. The number of carbonyl (C=O) groups is 2. The minimum absolute atomic E-state index is 0.0333. The summed E-state index contributed by atoms with van der Waals surface area (Å²) >= 11 is 0. The molecule has 0 bridgehead atoms. The first-order chi connectivity index (χ1) is 24.6. The fourth-order valence-corrected chi connectivity index (χ4v) is 5.36. The molecule has 1 heterocycles. The molecule has 41 heavy (non-hydrogen) atoms. The molecule has 0 atom stereocenters. The van der Waals surface area contributed by atoms with Gasteiger partial charge in [0, 0.05) is 59.5 Å². The van der Waals surface area contributed by atoms with Gasteiger partial charge in [0.1, 0.15) is 11.9 Å². The van der Waals surface area contributed by atoms with Gasteiger partial charge in [-0.3, -0.25) is 10.1 Å². The molecule has 5 rings (SSSR count). The molecule has 2 amide bonds. The maximum absolute atomic E-state index is 13.1. The number of aryl methyl sites for hydroxylation is 2. The Hall–Kier alpha value is -4.31. The molecule has 0 radical (unpaired) electrons. The largest absolute Gasteiger partial charge is 0.496 e. The number of methoxy groups -OCH3 is 1. The van der Waals surface area contributed by atoms with Crippen LogP contribution in [0.5, 0.6) is 5.75 Å². The minimum Gasteiger partial charge on any atom is -0.496 e. The van der Waals surface area contributed by atoms with Crippen LogP contribution in [0.15, 0.2) is 71.8 Å². The summed E-state index contributed by atoms with van der Waals surface area (Å²) in [5.74, 6) is -1.26. The molecule has 2 N–H and O–H groups in total. The van der Waals surface area contributed by atoms with Crippen molar-refractivity contribution in [2.45, 2.75) is 49.8 Å². The van der Waals surface area contributed by atoms with Crippen molar-refractivity contribution in [3.05, 3.63) is 89.1 Å². The van der Waals surface area contributed by atoms with Crippen molar-refractivity contribution in [1.82, 2.24) is 9.29 Å². The number of anilines is 1. The molecule has 0 spiro atoms. The number of benzene rings is 3. The lowest BCUT2D eigenvalue weighted by Gasteiger charge is -2.13. The summed E-state index contributed by atoms with van der Waals surface area (Å²) in [4.78, 5) is 25.9. The average Bonchev–Trinajstić information content (AvgIpc) is 3.49. The van der Waals surface area contributed by atoms with Crippen LogP contribution >= 0.6 is 0 Å². The average molecular weight is 589 g/mol. The Morgan fingerprint density at radius 2 is 1.88 bits per heavy atom. The van der Waals surface area contributed by atoms with E-state index in [1.54, 1.807) is 19.1 Å². The predicted octanol–water partition coefficient (Wildman–Crippen LogP) is 5.70. The van der Waals surface area contributed by atoms with Crippen LogP contribution < -0.4 is 14.8 Å². The van der Waals surface area contributed by atoms with Crippen LogP contribution in [0.2, 0.25) is 0 Å².